The molecule has 0 spiro atoms. The standard InChI is InChI=1S/C83H148O17P2/c1-5-9-13-17-21-25-29-33-37-38-42-44-48-52-56-60-64-68-81(86)94-74-79(100-83(88)70-66-62-58-54-50-46-41-36-32-28-24-20-16-12-8-4)76-98-102(91,92)96-72-77(84)71-95-101(89,90)97-75-78(99-82(87)69-65-61-57-53-49-45-40-35-31-27-23-19-15-11-7-3)73-93-80(85)67-63-59-55-51-47-43-39-34-30-26-22-18-14-10-6-2/h21,25,33-37,39-42,44,52,56,77-79,84H,5-20,22-24,26-32,38,43,45-51,53-55,57-76H2,1-4H3,(H,89,90)(H,91,92)/b25-21-,37-33-,39-34-,40-35-,41-36-,44-42-,56-52-/t77-,78+,79+/m0/s1. The average Bonchev–Trinajstić information content (AvgIpc) is 0.923. The molecule has 2 unspecified atom stereocenters. The van der Waals surface area contributed by atoms with Gasteiger partial charge in [-0.3, -0.25) is 37.3 Å². The van der Waals surface area contributed by atoms with Crippen LogP contribution < -0.4 is 0 Å². The number of unbranched alkanes of at least 4 members (excludes halogenated alkanes) is 37. The monoisotopic (exact) mass is 1480 g/mol. The van der Waals surface area contributed by atoms with Crippen molar-refractivity contribution >= 4 is 39.5 Å². The maximum Gasteiger partial charge on any atom is 0.472 e. The largest absolute Gasteiger partial charge is 0.472 e. The van der Waals surface area contributed by atoms with E-state index in [0.717, 1.165) is 141 Å². The van der Waals surface area contributed by atoms with Gasteiger partial charge in [0.2, 0.25) is 0 Å². The van der Waals surface area contributed by atoms with Crippen LogP contribution in [-0.4, -0.2) is 96.7 Å². The van der Waals surface area contributed by atoms with Gasteiger partial charge in [0.05, 0.1) is 26.4 Å². The fourth-order valence-electron chi connectivity index (χ4n) is 11.0. The third kappa shape index (κ3) is 74.5. The number of phosphoric acid groups is 2. The molecule has 0 aromatic heterocycles. The lowest BCUT2D eigenvalue weighted by Gasteiger charge is -2.21. The molecule has 0 aliphatic rings. The summed E-state index contributed by atoms with van der Waals surface area (Å²) in [5.74, 6) is -2.25. The van der Waals surface area contributed by atoms with Crippen molar-refractivity contribution in [1.29, 1.82) is 0 Å². The molecule has 19 heteroatoms. The van der Waals surface area contributed by atoms with E-state index in [0.29, 0.717) is 32.1 Å². The van der Waals surface area contributed by atoms with Crippen LogP contribution in [-0.2, 0) is 65.4 Å². The van der Waals surface area contributed by atoms with Gasteiger partial charge < -0.3 is 33.8 Å². The van der Waals surface area contributed by atoms with Crippen molar-refractivity contribution in [2.24, 2.45) is 0 Å². The molecule has 0 bridgehead atoms. The van der Waals surface area contributed by atoms with Gasteiger partial charge in [-0.2, -0.15) is 0 Å². The normalized spacial score (nSPS) is 14.3. The first-order chi connectivity index (χ1) is 49.7. The average molecular weight is 1480 g/mol. The van der Waals surface area contributed by atoms with E-state index in [1.807, 2.05) is 12.2 Å². The maximum absolute atomic E-state index is 13.1. The summed E-state index contributed by atoms with van der Waals surface area (Å²) in [5, 5.41) is 10.6. The third-order valence-corrected chi connectivity index (χ3v) is 19.2. The van der Waals surface area contributed by atoms with Gasteiger partial charge in [-0.15, -0.1) is 0 Å². The predicted molar refractivity (Wildman–Crippen MR) is 418 cm³/mol. The van der Waals surface area contributed by atoms with Gasteiger partial charge in [-0.1, -0.05) is 280 Å². The number of phosphoric ester groups is 2. The lowest BCUT2D eigenvalue weighted by atomic mass is 10.1. The molecule has 0 heterocycles. The second-order valence-corrected chi connectivity index (χ2v) is 30.3. The Kier molecular flexibility index (Phi) is 72.7. The Balaban J connectivity index is 5.41. The lowest BCUT2D eigenvalue weighted by molar-refractivity contribution is -0.161. The van der Waals surface area contributed by atoms with E-state index in [2.05, 4.69) is 101 Å². The molecule has 0 aromatic rings. The highest BCUT2D eigenvalue weighted by Crippen LogP contribution is 2.45. The van der Waals surface area contributed by atoms with E-state index >= 15 is 0 Å². The van der Waals surface area contributed by atoms with Crippen LogP contribution >= 0.6 is 15.6 Å². The van der Waals surface area contributed by atoms with Crippen LogP contribution in [0.2, 0.25) is 0 Å². The predicted octanol–water partition coefficient (Wildman–Crippen LogP) is 23.8. The fraction of sp³-hybridized carbons (Fsp3) is 0.783. The van der Waals surface area contributed by atoms with Gasteiger partial charge in [0.1, 0.15) is 19.3 Å². The molecule has 0 radical (unpaired) electrons. The highest BCUT2D eigenvalue weighted by Gasteiger charge is 2.30. The molecule has 0 aromatic carbocycles. The number of esters is 4. The van der Waals surface area contributed by atoms with E-state index in [1.165, 1.54) is 135 Å². The number of hydrogen-bond acceptors (Lipinski definition) is 15. The van der Waals surface area contributed by atoms with Gasteiger partial charge in [-0.25, -0.2) is 9.13 Å². The van der Waals surface area contributed by atoms with Gasteiger partial charge >= 0.3 is 39.5 Å². The summed E-state index contributed by atoms with van der Waals surface area (Å²) in [6, 6.07) is 0. The quantitative estimate of drug-likeness (QED) is 0.0169. The van der Waals surface area contributed by atoms with E-state index in [4.69, 9.17) is 37.0 Å². The highest BCUT2D eigenvalue weighted by atomic mass is 31.2. The van der Waals surface area contributed by atoms with Crippen LogP contribution in [0.1, 0.15) is 362 Å². The zero-order valence-corrected chi connectivity index (χ0v) is 66.6. The van der Waals surface area contributed by atoms with Gasteiger partial charge in [-0.05, 0) is 141 Å². The number of aliphatic hydroxyl groups excluding tert-OH is 1. The minimum atomic E-state index is -4.99. The Morgan fingerprint density at radius 3 is 0.804 bits per heavy atom. The fourth-order valence-corrected chi connectivity index (χ4v) is 12.6. The van der Waals surface area contributed by atoms with Crippen LogP contribution in [0.15, 0.2) is 85.1 Å². The molecule has 3 N–H and O–H groups in total. The van der Waals surface area contributed by atoms with E-state index in [9.17, 15) is 43.2 Å². The minimum absolute atomic E-state index is 0.0747. The molecule has 592 valence electrons. The molecule has 0 fully saturated rings. The van der Waals surface area contributed by atoms with E-state index in [-0.39, 0.29) is 25.7 Å². The summed E-state index contributed by atoms with van der Waals surface area (Å²) in [4.78, 5) is 73.0. The Bertz CT molecular complexity index is 2260. The van der Waals surface area contributed by atoms with Crippen molar-refractivity contribution in [3.05, 3.63) is 85.1 Å². The SMILES string of the molecule is CCCCC/C=C\C/C=C\C/C=C\C/C=C\CCCC(=O)OC[C@H](COP(=O)(O)OC[C@@H](O)COP(=O)(O)OC[C@@H](COC(=O)CCCCCCC/C=C\CCCCCCCC)OC(=O)CCCCCCC/C=C\CCCCCCCC)OC(=O)CCCCCCC/C=C\CCCCCCCC. The topological polar surface area (TPSA) is 237 Å². The molecular weight excluding hydrogens is 1330 g/mol. The molecule has 0 saturated heterocycles. The summed E-state index contributed by atoms with van der Waals surface area (Å²) < 4.78 is 68.6. The van der Waals surface area contributed by atoms with E-state index < -0.39 is 97.5 Å². The van der Waals surface area contributed by atoms with E-state index in [1.54, 1.807) is 0 Å². The number of aliphatic hydroxyl groups is 1. The second kappa shape index (κ2) is 75.5. The van der Waals surface area contributed by atoms with Crippen LogP contribution in [0.4, 0.5) is 0 Å². The third-order valence-electron chi connectivity index (χ3n) is 17.3. The first-order valence-electron chi connectivity index (χ1n) is 40.8. The summed E-state index contributed by atoms with van der Waals surface area (Å²) in [5.41, 5.74) is 0. The first-order valence-corrected chi connectivity index (χ1v) is 43.8. The highest BCUT2D eigenvalue weighted by molar-refractivity contribution is 7.47. The van der Waals surface area contributed by atoms with Gasteiger partial charge in [0, 0.05) is 25.7 Å². The van der Waals surface area contributed by atoms with Crippen molar-refractivity contribution in [3.8, 4) is 0 Å². The lowest BCUT2D eigenvalue weighted by Crippen LogP contribution is -2.30. The van der Waals surface area contributed by atoms with Crippen LogP contribution in [0.3, 0.4) is 0 Å². The van der Waals surface area contributed by atoms with Crippen LogP contribution in [0, 0.1) is 0 Å². The van der Waals surface area contributed by atoms with Crippen molar-refractivity contribution in [2.75, 3.05) is 39.6 Å². The summed E-state index contributed by atoms with van der Waals surface area (Å²) in [6.45, 7) is 4.80. The molecule has 17 nitrogen and oxygen atoms in total. The number of hydrogen-bond donors (Lipinski definition) is 3. The summed E-state index contributed by atoms with van der Waals surface area (Å²) >= 11 is 0. The molecular formula is C83H148O17P2. The minimum Gasteiger partial charge on any atom is -0.462 e. The number of carbonyl (C=O) groups excluding carboxylic acids is 4. The van der Waals surface area contributed by atoms with Crippen LogP contribution in [0.25, 0.3) is 0 Å². The molecule has 0 saturated carbocycles. The second-order valence-electron chi connectivity index (χ2n) is 27.3. The number of allylic oxidation sites excluding steroid dienone is 14. The van der Waals surface area contributed by atoms with Gasteiger partial charge in [0.15, 0.2) is 12.2 Å². The number of carbonyl (C=O) groups is 4. The smallest absolute Gasteiger partial charge is 0.462 e. The van der Waals surface area contributed by atoms with Crippen molar-refractivity contribution in [1.82, 2.24) is 0 Å². The van der Waals surface area contributed by atoms with Crippen molar-refractivity contribution < 1.29 is 80.2 Å². The van der Waals surface area contributed by atoms with Gasteiger partial charge in [0.25, 0.3) is 0 Å². The van der Waals surface area contributed by atoms with Crippen molar-refractivity contribution in [2.45, 2.75) is 380 Å². The molecule has 0 rings (SSSR count). The summed E-state index contributed by atoms with van der Waals surface area (Å²) in [6.07, 6.45) is 78.5. The first kappa shape index (κ1) is 98.2. The molecule has 0 aliphatic carbocycles. The number of rotatable bonds is 77. The Morgan fingerprint density at radius 1 is 0.275 bits per heavy atom. The number of ether oxygens (including phenoxy) is 4. The zero-order chi connectivity index (χ0) is 74.6. The van der Waals surface area contributed by atoms with Crippen LogP contribution in [0.5, 0.6) is 0 Å². The zero-order valence-electron chi connectivity index (χ0n) is 64.8. The maximum atomic E-state index is 13.1. The molecule has 5 atom stereocenters. The Morgan fingerprint density at radius 2 is 0.490 bits per heavy atom. The Labute approximate surface area is 621 Å². The molecule has 0 amide bonds. The molecule has 102 heavy (non-hydrogen) atoms. The summed E-state index contributed by atoms with van der Waals surface area (Å²) in [7, 11) is -9.97. The van der Waals surface area contributed by atoms with Crippen molar-refractivity contribution in [3.63, 3.8) is 0 Å². The Hall–Kier alpha value is -3.76. The molecule has 0 aliphatic heterocycles.